The molecule has 2 N–H and O–H groups in total. The van der Waals surface area contributed by atoms with E-state index in [-0.39, 0.29) is 12.6 Å². The lowest BCUT2D eigenvalue weighted by molar-refractivity contribution is 0.252. The van der Waals surface area contributed by atoms with Crippen LogP contribution >= 0.6 is 0 Å². The van der Waals surface area contributed by atoms with Gasteiger partial charge >= 0.3 is 6.03 Å². The summed E-state index contributed by atoms with van der Waals surface area (Å²) in [6.07, 6.45) is 4.66. The van der Waals surface area contributed by atoms with Crippen LogP contribution in [-0.4, -0.2) is 27.7 Å². The predicted octanol–water partition coefficient (Wildman–Crippen LogP) is 3.29. The number of hydrogen-bond acceptors (Lipinski definition) is 6. The van der Waals surface area contributed by atoms with Crippen LogP contribution in [-0.2, 0) is 13.0 Å². The van der Waals surface area contributed by atoms with Gasteiger partial charge in [-0.15, -0.1) is 0 Å². The fourth-order valence-corrected chi connectivity index (χ4v) is 2.63. The lowest BCUT2D eigenvalue weighted by Gasteiger charge is -2.08. The number of carbonyl (C=O) groups is 1. The quantitative estimate of drug-likeness (QED) is 0.623. The van der Waals surface area contributed by atoms with E-state index in [1.54, 1.807) is 30.5 Å². The number of amides is 2. The molecule has 1 saturated carbocycles. The second-order valence-corrected chi connectivity index (χ2v) is 6.59. The van der Waals surface area contributed by atoms with Gasteiger partial charge in [0.05, 0.1) is 0 Å². The zero-order valence-corrected chi connectivity index (χ0v) is 15.3. The lowest BCUT2D eigenvalue weighted by atomic mass is 10.3. The molecule has 0 atom stereocenters. The fourth-order valence-electron chi connectivity index (χ4n) is 2.63. The minimum atomic E-state index is -0.260. The number of carbonyl (C=O) groups excluding carboxylic acids is 1. The number of aromatic nitrogens is 3. The number of anilines is 1. The van der Waals surface area contributed by atoms with Gasteiger partial charge < -0.3 is 19.9 Å². The molecule has 8 heteroatoms. The highest BCUT2D eigenvalue weighted by atomic mass is 16.5. The molecule has 0 saturated heterocycles. The molecule has 1 aliphatic carbocycles. The molecule has 0 aliphatic heterocycles. The summed E-state index contributed by atoms with van der Waals surface area (Å²) in [6, 6.07) is 12.6. The number of nitrogens with zero attached hydrogens (tertiary/aromatic N) is 3. The van der Waals surface area contributed by atoms with Crippen molar-refractivity contribution in [1.82, 2.24) is 20.4 Å². The Balaban J connectivity index is 1.19. The molecule has 1 aliphatic rings. The monoisotopic (exact) mass is 379 g/mol. The molecule has 1 aromatic carbocycles. The molecule has 0 unspecified atom stereocenters. The van der Waals surface area contributed by atoms with Crippen molar-refractivity contribution < 1.29 is 14.1 Å². The van der Waals surface area contributed by atoms with E-state index in [0.29, 0.717) is 42.0 Å². The van der Waals surface area contributed by atoms with Crippen LogP contribution in [0.3, 0.4) is 0 Å². The van der Waals surface area contributed by atoms with Crippen molar-refractivity contribution in [2.45, 2.75) is 31.8 Å². The normalized spacial score (nSPS) is 13.1. The summed E-state index contributed by atoms with van der Waals surface area (Å²) >= 11 is 0. The SMILES string of the molecule is O=C(NCCc1ccccn1)Nc1ccc(OCc2noc(C3CC3)n2)cc1. The van der Waals surface area contributed by atoms with Crippen molar-refractivity contribution in [1.29, 1.82) is 0 Å². The van der Waals surface area contributed by atoms with E-state index in [2.05, 4.69) is 25.8 Å². The second kappa shape index (κ2) is 8.51. The van der Waals surface area contributed by atoms with E-state index in [0.717, 1.165) is 18.5 Å². The minimum Gasteiger partial charge on any atom is -0.485 e. The molecule has 0 bridgehead atoms. The van der Waals surface area contributed by atoms with Gasteiger partial charge in [0.25, 0.3) is 0 Å². The Hall–Kier alpha value is -3.42. The van der Waals surface area contributed by atoms with E-state index in [1.807, 2.05) is 18.2 Å². The first-order valence-corrected chi connectivity index (χ1v) is 9.26. The number of nitrogens with one attached hydrogen (secondary N) is 2. The Morgan fingerprint density at radius 2 is 2.04 bits per heavy atom. The topological polar surface area (TPSA) is 102 Å². The van der Waals surface area contributed by atoms with Crippen LogP contribution < -0.4 is 15.4 Å². The van der Waals surface area contributed by atoms with Gasteiger partial charge in [0.1, 0.15) is 5.75 Å². The van der Waals surface area contributed by atoms with Gasteiger partial charge in [-0.1, -0.05) is 11.2 Å². The molecule has 28 heavy (non-hydrogen) atoms. The molecule has 144 valence electrons. The van der Waals surface area contributed by atoms with Crippen molar-refractivity contribution in [3.05, 3.63) is 66.1 Å². The van der Waals surface area contributed by atoms with E-state index >= 15 is 0 Å². The lowest BCUT2D eigenvalue weighted by Crippen LogP contribution is -2.30. The molecule has 3 aromatic rings. The fraction of sp³-hybridized carbons (Fsp3) is 0.300. The predicted molar refractivity (Wildman–Crippen MR) is 102 cm³/mol. The van der Waals surface area contributed by atoms with Gasteiger partial charge in [0, 0.05) is 36.5 Å². The zero-order valence-electron chi connectivity index (χ0n) is 15.3. The Morgan fingerprint density at radius 3 is 2.79 bits per heavy atom. The first kappa shape index (κ1) is 18.0. The van der Waals surface area contributed by atoms with Crippen molar-refractivity contribution in [2.75, 3.05) is 11.9 Å². The van der Waals surface area contributed by atoms with Crippen molar-refractivity contribution >= 4 is 11.7 Å². The maximum absolute atomic E-state index is 12.0. The zero-order chi connectivity index (χ0) is 19.2. The van der Waals surface area contributed by atoms with Crippen LogP contribution in [0.15, 0.2) is 53.2 Å². The summed E-state index contributed by atoms with van der Waals surface area (Å²) in [7, 11) is 0. The molecule has 0 radical (unpaired) electrons. The van der Waals surface area contributed by atoms with Crippen LogP contribution in [0, 0.1) is 0 Å². The molecule has 1 fully saturated rings. The molecule has 2 heterocycles. The molecule has 2 aromatic heterocycles. The van der Waals surface area contributed by atoms with Gasteiger partial charge in [0.15, 0.2) is 6.61 Å². The molecule has 2 amide bonds. The number of urea groups is 1. The Morgan fingerprint density at radius 1 is 1.18 bits per heavy atom. The van der Waals surface area contributed by atoms with Crippen molar-refractivity contribution in [3.63, 3.8) is 0 Å². The summed E-state index contributed by atoms with van der Waals surface area (Å²) in [5.74, 6) is 2.34. The highest BCUT2D eigenvalue weighted by Crippen LogP contribution is 2.38. The first-order valence-electron chi connectivity index (χ1n) is 9.26. The molecule has 0 spiro atoms. The molecule has 4 rings (SSSR count). The highest BCUT2D eigenvalue weighted by molar-refractivity contribution is 5.89. The van der Waals surface area contributed by atoms with Crippen LogP contribution in [0.5, 0.6) is 5.75 Å². The Labute approximate surface area is 162 Å². The van der Waals surface area contributed by atoms with E-state index < -0.39 is 0 Å². The Kier molecular flexibility index (Phi) is 5.46. The van der Waals surface area contributed by atoms with Crippen LogP contribution in [0.25, 0.3) is 0 Å². The smallest absolute Gasteiger partial charge is 0.319 e. The van der Waals surface area contributed by atoms with Gasteiger partial charge in [-0.05, 0) is 49.2 Å². The molecule has 8 nitrogen and oxygen atoms in total. The Bertz CT molecular complexity index is 907. The summed E-state index contributed by atoms with van der Waals surface area (Å²) in [6.45, 7) is 0.759. The minimum absolute atomic E-state index is 0.247. The number of hydrogen-bond donors (Lipinski definition) is 2. The molecular weight excluding hydrogens is 358 g/mol. The average Bonchev–Trinajstić information content (AvgIpc) is 3.46. The van der Waals surface area contributed by atoms with Crippen LogP contribution in [0.4, 0.5) is 10.5 Å². The standard InChI is InChI=1S/C20H21N5O3/c26-20(22-12-10-15-3-1-2-11-21-15)23-16-6-8-17(9-7-16)27-13-18-24-19(28-25-18)14-4-5-14/h1-3,6-9,11,14H,4-5,10,12-13H2,(H2,22,23,26). The van der Waals surface area contributed by atoms with Gasteiger partial charge in [-0.2, -0.15) is 4.98 Å². The highest BCUT2D eigenvalue weighted by Gasteiger charge is 2.29. The summed E-state index contributed by atoms with van der Waals surface area (Å²) in [5, 5.41) is 9.51. The van der Waals surface area contributed by atoms with E-state index in [4.69, 9.17) is 9.26 Å². The number of pyridine rings is 1. The summed E-state index contributed by atoms with van der Waals surface area (Å²) in [5.41, 5.74) is 1.62. The third-order valence-corrected chi connectivity index (χ3v) is 4.28. The second-order valence-electron chi connectivity index (χ2n) is 6.59. The maximum atomic E-state index is 12.0. The summed E-state index contributed by atoms with van der Waals surface area (Å²) < 4.78 is 10.9. The van der Waals surface area contributed by atoms with Gasteiger partial charge in [-0.3, -0.25) is 4.98 Å². The largest absolute Gasteiger partial charge is 0.485 e. The number of benzene rings is 1. The van der Waals surface area contributed by atoms with Gasteiger partial charge in [0.2, 0.25) is 11.7 Å². The van der Waals surface area contributed by atoms with Gasteiger partial charge in [-0.25, -0.2) is 4.79 Å². The van der Waals surface area contributed by atoms with Crippen molar-refractivity contribution in [2.24, 2.45) is 0 Å². The number of ether oxygens (including phenoxy) is 1. The maximum Gasteiger partial charge on any atom is 0.319 e. The van der Waals surface area contributed by atoms with Crippen LogP contribution in [0.2, 0.25) is 0 Å². The first-order chi connectivity index (χ1) is 13.8. The van der Waals surface area contributed by atoms with Crippen molar-refractivity contribution in [3.8, 4) is 5.75 Å². The van der Waals surface area contributed by atoms with Crippen LogP contribution in [0.1, 0.15) is 36.2 Å². The third-order valence-electron chi connectivity index (χ3n) is 4.28. The van der Waals surface area contributed by atoms with E-state index in [9.17, 15) is 4.79 Å². The third kappa shape index (κ3) is 5.06. The number of rotatable bonds is 8. The summed E-state index contributed by atoms with van der Waals surface area (Å²) in [4.78, 5) is 20.5. The average molecular weight is 379 g/mol. The van der Waals surface area contributed by atoms with E-state index in [1.165, 1.54) is 0 Å². The molecular formula is C20H21N5O3.